The molecular weight excluding hydrogens is 282 g/mol. The van der Waals surface area contributed by atoms with E-state index in [-0.39, 0.29) is 23.9 Å². The number of hydrogen-bond acceptors (Lipinski definition) is 4. The second kappa shape index (κ2) is 6.62. The van der Waals surface area contributed by atoms with Crippen molar-refractivity contribution in [3.63, 3.8) is 0 Å². The van der Waals surface area contributed by atoms with Crippen molar-refractivity contribution in [3.05, 3.63) is 29.3 Å². The van der Waals surface area contributed by atoms with Crippen molar-refractivity contribution in [2.75, 3.05) is 25.5 Å². The number of ether oxygens (including phenoxy) is 1. The van der Waals surface area contributed by atoms with Gasteiger partial charge in [-0.25, -0.2) is 13.6 Å². The zero-order valence-corrected chi connectivity index (χ0v) is 11.5. The molecule has 1 unspecified atom stereocenters. The highest BCUT2D eigenvalue weighted by Crippen LogP contribution is 2.21. The topological polar surface area (TPSA) is 67.4 Å². The lowest BCUT2D eigenvalue weighted by Crippen LogP contribution is -2.19. The molecule has 1 amide bonds. The molecule has 114 valence electrons. The Balaban J connectivity index is 2.11. The van der Waals surface area contributed by atoms with Crippen LogP contribution in [0.5, 0.6) is 0 Å². The minimum absolute atomic E-state index is 0.202. The maximum Gasteiger partial charge on any atom is 0.340 e. The van der Waals surface area contributed by atoms with E-state index in [1.807, 2.05) is 0 Å². The first kappa shape index (κ1) is 15.4. The normalized spacial score (nSPS) is 17.6. The van der Waals surface area contributed by atoms with Crippen molar-refractivity contribution < 1.29 is 23.1 Å². The maximum absolute atomic E-state index is 13.7. The first-order valence-corrected chi connectivity index (χ1v) is 6.59. The molecule has 0 aliphatic carbocycles. The number of rotatable bonds is 4. The average Bonchev–Trinajstić information content (AvgIpc) is 2.93. The summed E-state index contributed by atoms with van der Waals surface area (Å²) < 4.78 is 31.5. The molecular formula is C14H16F2N2O3. The summed E-state index contributed by atoms with van der Waals surface area (Å²) in [6.07, 6.45) is 1.13. The van der Waals surface area contributed by atoms with Gasteiger partial charge in [0.15, 0.2) is 0 Å². The predicted octanol–water partition coefficient (Wildman–Crippen LogP) is 1.69. The van der Waals surface area contributed by atoms with Crippen LogP contribution in [0.1, 0.15) is 23.2 Å². The van der Waals surface area contributed by atoms with Gasteiger partial charge in [0, 0.05) is 12.5 Å². The van der Waals surface area contributed by atoms with Crippen molar-refractivity contribution in [2.45, 2.75) is 12.8 Å². The number of hydrogen-bond donors (Lipinski definition) is 2. The molecule has 1 fully saturated rings. The zero-order chi connectivity index (χ0) is 15.4. The molecule has 0 aromatic heterocycles. The van der Waals surface area contributed by atoms with Crippen LogP contribution >= 0.6 is 0 Å². The highest BCUT2D eigenvalue weighted by atomic mass is 19.1. The maximum atomic E-state index is 13.7. The van der Waals surface area contributed by atoms with E-state index in [0.29, 0.717) is 6.07 Å². The van der Waals surface area contributed by atoms with E-state index < -0.39 is 23.2 Å². The predicted molar refractivity (Wildman–Crippen MR) is 71.9 cm³/mol. The molecule has 1 atom stereocenters. The Morgan fingerprint density at radius 2 is 2.14 bits per heavy atom. The molecule has 1 aromatic carbocycles. The van der Waals surface area contributed by atoms with E-state index in [1.54, 1.807) is 0 Å². The van der Waals surface area contributed by atoms with Crippen LogP contribution in [-0.4, -0.2) is 32.1 Å². The number of nitrogens with one attached hydrogen (secondary N) is 2. The minimum atomic E-state index is -1.03. The van der Waals surface area contributed by atoms with E-state index in [9.17, 15) is 18.4 Å². The van der Waals surface area contributed by atoms with Crippen LogP contribution in [0.15, 0.2) is 12.1 Å². The van der Waals surface area contributed by atoms with Gasteiger partial charge in [-0.3, -0.25) is 4.79 Å². The summed E-state index contributed by atoms with van der Waals surface area (Å²) in [5.74, 6) is -3.06. The summed E-state index contributed by atoms with van der Waals surface area (Å²) in [7, 11) is 1.09. The first-order chi connectivity index (χ1) is 10.0. The third-order valence-electron chi connectivity index (χ3n) is 3.37. The third kappa shape index (κ3) is 3.75. The van der Waals surface area contributed by atoms with Gasteiger partial charge in [0.2, 0.25) is 5.91 Å². The summed E-state index contributed by atoms with van der Waals surface area (Å²) >= 11 is 0. The Kier molecular flexibility index (Phi) is 4.85. The van der Waals surface area contributed by atoms with Gasteiger partial charge in [-0.15, -0.1) is 0 Å². The van der Waals surface area contributed by atoms with Gasteiger partial charge < -0.3 is 15.4 Å². The fourth-order valence-electron chi connectivity index (χ4n) is 2.26. The van der Waals surface area contributed by atoms with Crippen LogP contribution < -0.4 is 10.6 Å². The summed E-state index contributed by atoms with van der Waals surface area (Å²) in [5, 5.41) is 5.49. The van der Waals surface area contributed by atoms with Crippen LogP contribution in [0.4, 0.5) is 14.5 Å². The molecule has 0 saturated carbocycles. The number of anilines is 1. The Bertz CT molecular complexity index is 557. The Hall–Kier alpha value is -2.02. The van der Waals surface area contributed by atoms with Gasteiger partial charge in [-0.05, 0) is 31.5 Å². The number of methoxy groups -OCH3 is 1. The second-order valence-corrected chi connectivity index (χ2v) is 4.91. The minimum Gasteiger partial charge on any atom is -0.465 e. The standard InChI is InChI=1S/C14H16F2N2O3/c1-21-14(20)9-5-12(11(16)6-10(9)15)18-13(19)4-8-2-3-17-7-8/h5-6,8,17H,2-4,7H2,1H3,(H,18,19). The van der Waals surface area contributed by atoms with Crippen molar-refractivity contribution in [1.82, 2.24) is 5.32 Å². The quantitative estimate of drug-likeness (QED) is 0.830. The molecule has 21 heavy (non-hydrogen) atoms. The Morgan fingerprint density at radius 3 is 2.76 bits per heavy atom. The molecule has 2 rings (SSSR count). The molecule has 7 heteroatoms. The van der Waals surface area contributed by atoms with Gasteiger partial charge in [0.25, 0.3) is 0 Å². The molecule has 0 radical (unpaired) electrons. The lowest BCUT2D eigenvalue weighted by molar-refractivity contribution is -0.117. The number of esters is 1. The average molecular weight is 298 g/mol. The third-order valence-corrected chi connectivity index (χ3v) is 3.37. The monoisotopic (exact) mass is 298 g/mol. The van der Waals surface area contributed by atoms with Crippen LogP contribution in [-0.2, 0) is 9.53 Å². The van der Waals surface area contributed by atoms with E-state index in [1.165, 1.54) is 0 Å². The number of amides is 1. The molecule has 2 N–H and O–H groups in total. The molecule has 0 spiro atoms. The van der Waals surface area contributed by atoms with Crippen LogP contribution in [0.3, 0.4) is 0 Å². The van der Waals surface area contributed by atoms with E-state index >= 15 is 0 Å². The summed E-state index contributed by atoms with van der Waals surface area (Å²) in [6.45, 7) is 1.60. The number of carbonyl (C=O) groups excluding carboxylic acids is 2. The highest BCUT2D eigenvalue weighted by Gasteiger charge is 2.21. The van der Waals surface area contributed by atoms with Crippen LogP contribution in [0.25, 0.3) is 0 Å². The molecule has 1 aromatic rings. The number of carbonyl (C=O) groups is 2. The van der Waals surface area contributed by atoms with Crippen molar-refractivity contribution >= 4 is 17.6 Å². The van der Waals surface area contributed by atoms with Gasteiger partial charge in [0.1, 0.15) is 11.6 Å². The molecule has 1 aliphatic rings. The Morgan fingerprint density at radius 1 is 1.38 bits per heavy atom. The lowest BCUT2D eigenvalue weighted by atomic mass is 10.0. The summed E-state index contributed by atoms with van der Waals surface area (Å²) in [5.41, 5.74) is -0.649. The largest absolute Gasteiger partial charge is 0.465 e. The smallest absolute Gasteiger partial charge is 0.340 e. The SMILES string of the molecule is COC(=O)c1cc(NC(=O)CC2CCNC2)c(F)cc1F. The number of benzene rings is 1. The zero-order valence-electron chi connectivity index (χ0n) is 11.5. The molecule has 5 nitrogen and oxygen atoms in total. The molecule has 1 heterocycles. The fraction of sp³-hybridized carbons (Fsp3) is 0.429. The molecule has 0 bridgehead atoms. The van der Waals surface area contributed by atoms with Gasteiger partial charge >= 0.3 is 5.97 Å². The summed E-state index contributed by atoms with van der Waals surface area (Å²) in [4.78, 5) is 23.2. The van der Waals surface area contributed by atoms with Gasteiger partial charge in [-0.2, -0.15) is 0 Å². The van der Waals surface area contributed by atoms with Gasteiger partial charge in [-0.1, -0.05) is 0 Å². The molecule has 1 saturated heterocycles. The molecule has 1 aliphatic heterocycles. The van der Waals surface area contributed by atoms with Crippen LogP contribution in [0.2, 0.25) is 0 Å². The van der Waals surface area contributed by atoms with E-state index in [2.05, 4.69) is 15.4 Å². The Labute approximate surface area is 120 Å². The summed E-state index contributed by atoms with van der Waals surface area (Å²) in [6, 6.07) is 1.50. The first-order valence-electron chi connectivity index (χ1n) is 6.59. The lowest BCUT2D eigenvalue weighted by Gasteiger charge is -2.11. The highest BCUT2D eigenvalue weighted by molar-refractivity contribution is 5.95. The van der Waals surface area contributed by atoms with E-state index in [4.69, 9.17) is 0 Å². The van der Waals surface area contributed by atoms with Crippen LogP contribution in [0, 0.1) is 17.6 Å². The van der Waals surface area contributed by atoms with Crippen molar-refractivity contribution in [3.8, 4) is 0 Å². The van der Waals surface area contributed by atoms with Crippen molar-refractivity contribution in [1.29, 1.82) is 0 Å². The number of halogens is 2. The fourth-order valence-corrected chi connectivity index (χ4v) is 2.26. The van der Waals surface area contributed by atoms with Gasteiger partial charge in [0.05, 0.1) is 18.4 Å². The second-order valence-electron chi connectivity index (χ2n) is 4.91. The van der Waals surface area contributed by atoms with E-state index in [0.717, 1.165) is 32.7 Å². The van der Waals surface area contributed by atoms with Crippen molar-refractivity contribution in [2.24, 2.45) is 5.92 Å².